The van der Waals surface area contributed by atoms with Gasteiger partial charge in [-0.3, -0.25) is 4.98 Å². The van der Waals surface area contributed by atoms with Crippen LogP contribution >= 0.6 is 0 Å². The van der Waals surface area contributed by atoms with Crippen molar-refractivity contribution in [1.82, 2.24) is 10.3 Å². The molecular weight excluding hydrogens is 267 g/mol. The van der Waals surface area contributed by atoms with Gasteiger partial charge in [0.25, 0.3) is 0 Å². The number of hydrogen-bond donors (Lipinski definition) is 1. The Bertz CT molecular complexity index is 596. The molecule has 21 heavy (non-hydrogen) atoms. The Labute approximate surface area is 124 Å². The van der Waals surface area contributed by atoms with Gasteiger partial charge in [0, 0.05) is 12.2 Å². The van der Waals surface area contributed by atoms with Crippen LogP contribution in [0.2, 0.25) is 0 Å². The largest absolute Gasteiger partial charge is 0.456 e. The molecule has 2 rings (SSSR count). The maximum atomic E-state index is 12.8. The molecule has 1 heterocycles. The number of nitrogens with zero attached hydrogens (tertiary/aromatic N) is 1. The Balaban J connectivity index is 2.02. The molecule has 1 aromatic carbocycles. The topological polar surface area (TPSA) is 34.2 Å². The van der Waals surface area contributed by atoms with Gasteiger partial charge in [-0.15, -0.1) is 0 Å². The highest BCUT2D eigenvalue weighted by Gasteiger charge is 1.99. The summed E-state index contributed by atoms with van der Waals surface area (Å²) in [6.45, 7) is 2.12. The van der Waals surface area contributed by atoms with Crippen LogP contribution in [0.3, 0.4) is 0 Å². The summed E-state index contributed by atoms with van der Waals surface area (Å²) in [5, 5.41) is 3.18. The van der Waals surface area contributed by atoms with Crippen LogP contribution in [-0.4, -0.2) is 18.1 Å². The second kappa shape index (κ2) is 7.55. The van der Waals surface area contributed by atoms with Gasteiger partial charge in [0.15, 0.2) is 0 Å². The number of halogens is 1. The lowest BCUT2D eigenvalue weighted by molar-refractivity contribution is 0.478. The van der Waals surface area contributed by atoms with Crippen molar-refractivity contribution in [3.05, 3.63) is 60.2 Å². The third-order valence-electron chi connectivity index (χ3n) is 3.08. The minimum atomic E-state index is -0.282. The highest BCUT2D eigenvalue weighted by molar-refractivity contribution is 5.50. The van der Waals surface area contributed by atoms with Gasteiger partial charge in [-0.1, -0.05) is 12.2 Å². The average Bonchev–Trinajstić information content (AvgIpc) is 2.50. The molecule has 0 saturated carbocycles. The van der Waals surface area contributed by atoms with Crippen LogP contribution in [0.15, 0.2) is 48.8 Å². The van der Waals surface area contributed by atoms with Crippen molar-refractivity contribution in [2.75, 3.05) is 7.05 Å². The second-order valence-electron chi connectivity index (χ2n) is 4.84. The molecule has 1 aromatic heterocycles. The van der Waals surface area contributed by atoms with Crippen LogP contribution in [0.4, 0.5) is 4.39 Å². The summed E-state index contributed by atoms with van der Waals surface area (Å²) in [5.74, 6) is 0.935. The fourth-order valence-electron chi connectivity index (χ4n) is 1.75. The van der Waals surface area contributed by atoms with Crippen molar-refractivity contribution in [3.63, 3.8) is 0 Å². The smallest absolute Gasteiger partial charge is 0.146 e. The van der Waals surface area contributed by atoms with Crippen LogP contribution in [0.1, 0.15) is 18.9 Å². The Hall–Kier alpha value is -2.20. The normalized spacial score (nSPS) is 12.5. The first kappa shape index (κ1) is 15.2. The van der Waals surface area contributed by atoms with Gasteiger partial charge in [-0.05, 0) is 56.3 Å². The van der Waals surface area contributed by atoms with Crippen molar-refractivity contribution in [1.29, 1.82) is 0 Å². The monoisotopic (exact) mass is 286 g/mol. The molecule has 1 atom stereocenters. The van der Waals surface area contributed by atoms with E-state index in [1.165, 1.54) is 12.1 Å². The predicted octanol–water partition coefficient (Wildman–Crippen LogP) is 4.02. The molecule has 0 saturated heterocycles. The van der Waals surface area contributed by atoms with E-state index in [0.717, 1.165) is 12.0 Å². The molecule has 0 radical (unpaired) electrons. The molecule has 0 aliphatic rings. The summed E-state index contributed by atoms with van der Waals surface area (Å²) in [7, 11) is 1.94. The van der Waals surface area contributed by atoms with E-state index in [-0.39, 0.29) is 5.82 Å². The number of rotatable bonds is 6. The Morgan fingerprint density at radius 3 is 2.71 bits per heavy atom. The van der Waals surface area contributed by atoms with Crippen LogP contribution in [0.25, 0.3) is 6.08 Å². The molecule has 2 aromatic rings. The van der Waals surface area contributed by atoms with Gasteiger partial charge >= 0.3 is 0 Å². The zero-order valence-electron chi connectivity index (χ0n) is 12.2. The van der Waals surface area contributed by atoms with Crippen molar-refractivity contribution in [3.8, 4) is 11.5 Å². The number of ether oxygens (including phenoxy) is 1. The molecule has 1 unspecified atom stereocenters. The predicted molar refractivity (Wildman–Crippen MR) is 82.9 cm³/mol. The van der Waals surface area contributed by atoms with Crippen LogP contribution in [0, 0.1) is 5.82 Å². The van der Waals surface area contributed by atoms with E-state index in [4.69, 9.17) is 4.74 Å². The van der Waals surface area contributed by atoms with Crippen molar-refractivity contribution >= 4 is 6.08 Å². The standard InChI is InChI=1S/C17H19FN2O/c1-13(19-2)4-3-5-14-10-17(12-20-11-14)21-16-8-6-15(18)7-9-16/h3,5-13,19H,4H2,1-2H3/b5-3+. The first-order chi connectivity index (χ1) is 10.2. The molecule has 0 fully saturated rings. The molecule has 0 spiro atoms. The first-order valence-corrected chi connectivity index (χ1v) is 6.89. The van der Waals surface area contributed by atoms with Gasteiger partial charge in [0.05, 0.1) is 6.20 Å². The summed E-state index contributed by atoms with van der Waals surface area (Å²) in [4.78, 5) is 4.15. The van der Waals surface area contributed by atoms with Crippen molar-refractivity contribution < 1.29 is 9.13 Å². The summed E-state index contributed by atoms with van der Waals surface area (Å²) < 4.78 is 18.5. The van der Waals surface area contributed by atoms with Crippen LogP contribution in [-0.2, 0) is 0 Å². The molecule has 110 valence electrons. The van der Waals surface area contributed by atoms with Crippen molar-refractivity contribution in [2.45, 2.75) is 19.4 Å². The number of hydrogen-bond acceptors (Lipinski definition) is 3. The second-order valence-corrected chi connectivity index (χ2v) is 4.84. The highest BCUT2D eigenvalue weighted by atomic mass is 19.1. The SMILES string of the molecule is CNC(C)C/C=C/c1cncc(Oc2ccc(F)cc2)c1. The molecule has 0 aliphatic carbocycles. The molecule has 0 aliphatic heterocycles. The quantitative estimate of drug-likeness (QED) is 0.870. The van der Waals surface area contributed by atoms with E-state index in [9.17, 15) is 4.39 Å². The lowest BCUT2D eigenvalue weighted by Crippen LogP contribution is -2.19. The summed E-state index contributed by atoms with van der Waals surface area (Å²) in [5.41, 5.74) is 0.970. The summed E-state index contributed by atoms with van der Waals surface area (Å²) in [6.07, 6.45) is 8.47. The number of benzene rings is 1. The molecule has 1 N–H and O–H groups in total. The van der Waals surface area contributed by atoms with E-state index in [0.29, 0.717) is 17.5 Å². The fraction of sp³-hybridized carbons (Fsp3) is 0.235. The third kappa shape index (κ3) is 5.00. The third-order valence-corrected chi connectivity index (χ3v) is 3.08. The van der Waals surface area contributed by atoms with Gasteiger partial charge in [0.2, 0.25) is 0 Å². The maximum absolute atomic E-state index is 12.8. The van der Waals surface area contributed by atoms with E-state index >= 15 is 0 Å². The van der Waals surface area contributed by atoms with Gasteiger partial charge in [-0.2, -0.15) is 0 Å². The van der Waals surface area contributed by atoms with E-state index < -0.39 is 0 Å². The minimum Gasteiger partial charge on any atom is -0.456 e. The highest BCUT2D eigenvalue weighted by Crippen LogP contribution is 2.21. The van der Waals surface area contributed by atoms with E-state index in [1.54, 1.807) is 24.5 Å². The molecule has 3 nitrogen and oxygen atoms in total. The van der Waals surface area contributed by atoms with Crippen LogP contribution < -0.4 is 10.1 Å². The van der Waals surface area contributed by atoms with Gasteiger partial charge in [0.1, 0.15) is 17.3 Å². The molecule has 0 bridgehead atoms. The lowest BCUT2D eigenvalue weighted by Gasteiger charge is -2.06. The number of aromatic nitrogens is 1. The Morgan fingerprint density at radius 1 is 1.24 bits per heavy atom. The Morgan fingerprint density at radius 2 is 2.00 bits per heavy atom. The number of pyridine rings is 1. The minimum absolute atomic E-state index is 0.282. The fourth-order valence-corrected chi connectivity index (χ4v) is 1.75. The van der Waals surface area contributed by atoms with Gasteiger partial charge in [-0.25, -0.2) is 4.39 Å². The Kier molecular flexibility index (Phi) is 5.46. The van der Waals surface area contributed by atoms with E-state index in [1.807, 2.05) is 19.2 Å². The number of nitrogens with one attached hydrogen (secondary N) is 1. The summed E-state index contributed by atoms with van der Waals surface area (Å²) in [6, 6.07) is 8.25. The molecule has 4 heteroatoms. The lowest BCUT2D eigenvalue weighted by atomic mass is 10.2. The van der Waals surface area contributed by atoms with Crippen LogP contribution in [0.5, 0.6) is 11.5 Å². The zero-order chi connectivity index (χ0) is 15.1. The van der Waals surface area contributed by atoms with E-state index in [2.05, 4.69) is 23.3 Å². The zero-order valence-corrected chi connectivity index (χ0v) is 12.2. The molecular formula is C17H19FN2O. The first-order valence-electron chi connectivity index (χ1n) is 6.89. The molecule has 0 amide bonds. The average molecular weight is 286 g/mol. The van der Waals surface area contributed by atoms with Gasteiger partial charge < -0.3 is 10.1 Å². The maximum Gasteiger partial charge on any atom is 0.146 e. The summed E-state index contributed by atoms with van der Waals surface area (Å²) >= 11 is 0. The van der Waals surface area contributed by atoms with Crippen molar-refractivity contribution in [2.24, 2.45) is 0 Å².